The fourth-order valence-electron chi connectivity index (χ4n) is 2.77. The number of allylic oxidation sites excluding steroid dienone is 2. The van der Waals surface area contributed by atoms with Crippen LogP contribution >= 0.6 is 31.9 Å². The van der Waals surface area contributed by atoms with Crippen molar-refractivity contribution >= 4 is 61.7 Å². The third-order valence-corrected chi connectivity index (χ3v) is 5.17. The van der Waals surface area contributed by atoms with Crippen LogP contribution in [0.25, 0.3) is 0 Å². The van der Waals surface area contributed by atoms with Gasteiger partial charge in [0.05, 0.1) is 12.2 Å². The number of nitrogens with two attached hydrogens (primary N) is 1. The number of halogens is 2. The molecule has 0 saturated carbocycles. The molecule has 0 saturated heterocycles. The van der Waals surface area contributed by atoms with Crippen LogP contribution in [0.4, 0.5) is 5.69 Å². The number of carboxylic acid groups (broad SMARTS) is 1. The predicted molar refractivity (Wildman–Crippen MR) is 121 cm³/mol. The molecule has 6 N–H and O–H groups in total. The zero-order chi connectivity index (χ0) is 22.1. The Balaban J connectivity index is 1.92. The van der Waals surface area contributed by atoms with Crippen molar-refractivity contribution in [3.63, 3.8) is 0 Å². The molecule has 0 heterocycles. The Morgan fingerprint density at radius 2 is 2.10 bits per heavy atom. The molecule has 1 aromatic carbocycles. The molecule has 0 fully saturated rings. The molecule has 1 aliphatic rings. The molecule has 1 atom stereocenters. The normalized spacial score (nSPS) is 18.4. The Morgan fingerprint density at radius 3 is 2.80 bits per heavy atom. The summed E-state index contributed by atoms with van der Waals surface area (Å²) in [5, 5.41) is 14.2. The molecular weight excluding hydrogens is 522 g/mol. The summed E-state index contributed by atoms with van der Waals surface area (Å²) in [6.45, 7) is -0.232. The molecule has 9 nitrogen and oxygen atoms in total. The summed E-state index contributed by atoms with van der Waals surface area (Å²) in [6, 6.07) is 6.54. The second-order valence-electron chi connectivity index (χ2n) is 6.47. The van der Waals surface area contributed by atoms with E-state index in [2.05, 4.69) is 52.9 Å². The van der Waals surface area contributed by atoms with Gasteiger partial charge in [0.1, 0.15) is 10.8 Å². The number of amides is 2. The minimum atomic E-state index is -0.887. The number of alkyl halides is 1. The molecule has 2 rings (SSSR count). The van der Waals surface area contributed by atoms with Crippen molar-refractivity contribution in [2.45, 2.75) is 23.7 Å². The second kappa shape index (κ2) is 11.0. The molecular formula is C19H21Br2N5O4. The Morgan fingerprint density at radius 1 is 1.33 bits per heavy atom. The number of carbonyl (C=O) groups excluding carboxylic acids is 2. The van der Waals surface area contributed by atoms with Gasteiger partial charge < -0.3 is 21.2 Å². The van der Waals surface area contributed by atoms with Crippen molar-refractivity contribution in [3.8, 4) is 0 Å². The fourth-order valence-corrected chi connectivity index (χ4v) is 4.62. The van der Waals surface area contributed by atoms with Gasteiger partial charge in [-0.3, -0.25) is 14.4 Å². The minimum absolute atomic E-state index is 0.00362. The standard InChI is InChI=1S/C19H21Br2N5O4/c20-14-6-12(4-5-17(28)29)8-19(21,9-14)26-16(27)10-23-18(30)13-2-1-3-15(7-13)24-11-25-22/h1-3,6-7,9,11H,4-5,8,10,22H2,(H,23,30)(H,24,25)(H,26,27)(H,28,29). The lowest BCUT2D eigenvalue weighted by Crippen LogP contribution is -2.47. The largest absolute Gasteiger partial charge is 0.481 e. The number of carboxylic acids is 1. The van der Waals surface area contributed by atoms with E-state index in [4.69, 9.17) is 10.9 Å². The van der Waals surface area contributed by atoms with Gasteiger partial charge in [0, 0.05) is 22.9 Å². The van der Waals surface area contributed by atoms with Crippen molar-refractivity contribution in [3.05, 3.63) is 52.0 Å². The van der Waals surface area contributed by atoms with E-state index in [1.165, 1.54) is 6.34 Å². The van der Waals surface area contributed by atoms with Crippen molar-refractivity contribution in [2.75, 3.05) is 6.54 Å². The van der Waals surface area contributed by atoms with Gasteiger partial charge in [-0.05, 0) is 36.8 Å². The average molecular weight is 543 g/mol. The highest BCUT2D eigenvalue weighted by molar-refractivity contribution is 9.12. The first-order valence-corrected chi connectivity index (χ1v) is 10.5. The first kappa shape index (κ1) is 23.8. The van der Waals surface area contributed by atoms with Gasteiger partial charge in [0.25, 0.3) is 5.91 Å². The highest BCUT2D eigenvalue weighted by Crippen LogP contribution is 2.35. The van der Waals surface area contributed by atoms with Crippen LogP contribution in [0.5, 0.6) is 0 Å². The molecule has 0 radical (unpaired) electrons. The van der Waals surface area contributed by atoms with E-state index in [1.54, 1.807) is 30.3 Å². The van der Waals surface area contributed by atoms with Gasteiger partial charge in [-0.25, -0.2) is 10.8 Å². The molecule has 1 aliphatic carbocycles. The predicted octanol–water partition coefficient (Wildman–Crippen LogP) is 2.22. The summed E-state index contributed by atoms with van der Waals surface area (Å²) in [6.07, 6.45) is 5.68. The van der Waals surface area contributed by atoms with Crippen LogP contribution in [0, 0.1) is 0 Å². The Labute approximate surface area is 190 Å². The molecule has 1 unspecified atom stereocenters. The molecule has 0 aliphatic heterocycles. The van der Waals surface area contributed by atoms with E-state index in [0.29, 0.717) is 24.1 Å². The number of hydrogen-bond acceptors (Lipinski definition) is 5. The van der Waals surface area contributed by atoms with E-state index in [9.17, 15) is 14.4 Å². The molecule has 0 spiro atoms. The fraction of sp³-hybridized carbons (Fsp3) is 0.263. The number of carbonyl (C=O) groups is 3. The number of aliphatic carboxylic acids is 1. The van der Waals surface area contributed by atoms with Crippen LogP contribution < -0.4 is 21.9 Å². The number of aliphatic imine (C=N–C) groups is 1. The van der Waals surface area contributed by atoms with Gasteiger partial charge in [0.2, 0.25) is 5.91 Å². The summed E-state index contributed by atoms with van der Waals surface area (Å²) >= 11 is 6.88. The van der Waals surface area contributed by atoms with Crippen LogP contribution in [0.1, 0.15) is 29.6 Å². The van der Waals surface area contributed by atoms with Crippen molar-refractivity contribution < 1.29 is 19.5 Å². The van der Waals surface area contributed by atoms with Crippen LogP contribution in [0.15, 0.2) is 51.5 Å². The van der Waals surface area contributed by atoms with Crippen molar-refractivity contribution in [2.24, 2.45) is 10.8 Å². The topological polar surface area (TPSA) is 146 Å². The van der Waals surface area contributed by atoms with Crippen LogP contribution in [-0.2, 0) is 9.59 Å². The van der Waals surface area contributed by atoms with Gasteiger partial charge in [0.15, 0.2) is 0 Å². The quantitative estimate of drug-likeness (QED) is 0.0807. The number of hydrogen-bond donors (Lipinski definition) is 5. The lowest BCUT2D eigenvalue weighted by Gasteiger charge is -2.30. The SMILES string of the molecule is NNC=Nc1cccc(C(=O)NCC(=O)NC2(Br)C=C(Br)C=C(CCC(=O)O)C2)c1. The van der Waals surface area contributed by atoms with E-state index in [-0.39, 0.29) is 13.0 Å². The monoisotopic (exact) mass is 541 g/mol. The number of rotatable bonds is 9. The smallest absolute Gasteiger partial charge is 0.303 e. The Kier molecular flexibility index (Phi) is 8.75. The first-order chi connectivity index (χ1) is 14.2. The maximum absolute atomic E-state index is 12.4. The summed E-state index contributed by atoms with van der Waals surface area (Å²) in [5.41, 5.74) is 4.03. The highest BCUT2D eigenvalue weighted by atomic mass is 79.9. The van der Waals surface area contributed by atoms with Crippen molar-refractivity contribution in [1.29, 1.82) is 0 Å². The zero-order valence-electron chi connectivity index (χ0n) is 15.8. The molecule has 1 aromatic rings. The number of hydrazine groups is 1. The molecule has 11 heteroatoms. The maximum Gasteiger partial charge on any atom is 0.303 e. The second-order valence-corrected chi connectivity index (χ2v) is 8.80. The van der Waals surface area contributed by atoms with Crippen LogP contribution in [0.2, 0.25) is 0 Å². The Hall–Kier alpha value is -2.50. The van der Waals surface area contributed by atoms with Crippen LogP contribution in [-0.4, -0.2) is 40.2 Å². The number of nitrogens with one attached hydrogen (secondary N) is 3. The van der Waals surface area contributed by atoms with Crippen molar-refractivity contribution in [1.82, 2.24) is 16.1 Å². The molecule has 2 amide bonds. The average Bonchev–Trinajstić information content (AvgIpc) is 2.68. The van der Waals surface area contributed by atoms with Gasteiger partial charge in [-0.15, -0.1) is 0 Å². The van der Waals surface area contributed by atoms with Crippen LogP contribution in [0.3, 0.4) is 0 Å². The lowest BCUT2D eigenvalue weighted by molar-refractivity contribution is -0.137. The van der Waals surface area contributed by atoms with E-state index in [1.807, 2.05) is 6.08 Å². The minimum Gasteiger partial charge on any atom is -0.481 e. The molecule has 30 heavy (non-hydrogen) atoms. The summed E-state index contributed by atoms with van der Waals surface area (Å²) in [5.74, 6) is 3.41. The molecule has 160 valence electrons. The van der Waals surface area contributed by atoms with Gasteiger partial charge in [-0.2, -0.15) is 0 Å². The summed E-state index contributed by atoms with van der Waals surface area (Å²) in [7, 11) is 0. The third-order valence-electron chi connectivity index (χ3n) is 4.01. The summed E-state index contributed by atoms with van der Waals surface area (Å²) < 4.78 is -0.153. The molecule has 0 aromatic heterocycles. The van der Waals surface area contributed by atoms with E-state index < -0.39 is 22.2 Å². The summed E-state index contributed by atoms with van der Waals surface area (Å²) in [4.78, 5) is 39.5. The van der Waals surface area contributed by atoms with E-state index in [0.717, 1.165) is 10.1 Å². The molecule has 0 bridgehead atoms. The number of benzene rings is 1. The first-order valence-electron chi connectivity index (χ1n) is 8.87. The van der Waals surface area contributed by atoms with Gasteiger partial charge in [-0.1, -0.05) is 43.5 Å². The lowest BCUT2D eigenvalue weighted by atomic mass is 9.96. The van der Waals surface area contributed by atoms with Gasteiger partial charge >= 0.3 is 5.97 Å². The third kappa shape index (κ3) is 7.73. The maximum atomic E-state index is 12.4. The highest BCUT2D eigenvalue weighted by Gasteiger charge is 2.30. The zero-order valence-corrected chi connectivity index (χ0v) is 19.0. The Bertz CT molecular complexity index is 916. The number of nitrogens with zero attached hydrogens (tertiary/aromatic N) is 1. The van der Waals surface area contributed by atoms with E-state index >= 15 is 0 Å².